The molecule has 0 fully saturated rings. The van der Waals surface area contributed by atoms with Crippen LogP contribution in [0.4, 0.5) is 30.8 Å². The summed E-state index contributed by atoms with van der Waals surface area (Å²) in [5, 5.41) is 9.09. The molecule has 9 heteroatoms. The minimum Gasteiger partial charge on any atom is -0.491 e. The normalized spacial score (nSPS) is 10.7. The molecule has 3 aromatic carbocycles. The third-order valence-electron chi connectivity index (χ3n) is 4.99. The summed E-state index contributed by atoms with van der Waals surface area (Å²) < 4.78 is 32.8. The van der Waals surface area contributed by atoms with Crippen molar-refractivity contribution in [2.75, 3.05) is 29.1 Å². The number of carbonyl (C=O) groups is 1. The fourth-order valence-electron chi connectivity index (χ4n) is 3.40. The van der Waals surface area contributed by atoms with Crippen molar-refractivity contribution in [1.29, 1.82) is 0 Å². The van der Waals surface area contributed by atoms with Gasteiger partial charge >= 0.3 is 6.03 Å². The van der Waals surface area contributed by atoms with Gasteiger partial charge in [-0.15, -0.1) is 0 Å². The van der Waals surface area contributed by atoms with E-state index in [-0.39, 0.29) is 5.75 Å². The van der Waals surface area contributed by atoms with Crippen LogP contribution in [-0.2, 0) is 6.42 Å². The first-order valence-corrected chi connectivity index (χ1v) is 10.8. The van der Waals surface area contributed by atoms with Crippen molar-refractivity contribution in [1.82, 2.24) is 9.97 Å². The van der Waals surface area contributed by atoms with Crippen LogP contribution in [0, 0.1) is 11.6 Å². The van der Waals surface area contributed by atoms with Crippen LogP contribution >= 0.6 is 0 Å². The molecule has 34 heavy (non-hydrogen) atoms. The van der Waals surface area contributed by atoms with Gasteiger partial charge in [0.2, 0.25) is 0 Å². The molecule has 0 spiro atoms. The number of benzene rings is 3. The van der Waals surface area contributed by atoms with Crippen molar-refractivity contribution in [3.63, 3.8) is 0 Å². The molecular formula is C25H23F2N5O2. The third kappa shape index (κ3) is 5.74. The minimum atomic E-state index is -0.463. The summed E-state index contributed by atoms with van der Waals surface area (Å²) in [7, 11) is 0. The summed E-state index contributed by atoms with van der Waals surface area (Å²) in [5.74, 6) is -0.180. The second-order valence-electron chi connectivity index (χ2n) is 7.42. The maximum Gasteiger partial charge on any atom is 0.323 e. The molecular weight excluding hydrogens is 440 g/mol. The van der Waals surface area contributed by atoms with Crippen LogP contribution in [0.2, 0.25) is 0 Å². The van der Waals surface area contributed by atoms with E-state index in [0.29, 0.717) is 47.7 Å². The number of carbonyl (C=O) groups excluding carboxylic acids is 1. The molecule has 0 radical (unpaired) electrons. The number of rotatable bonds is 8. The van der Waals surface area contributed by atoms with E-state index in [9.17, 15) is 13.6 Å². The number of hydrogen-bond donors (Lipinski definition) is 3. The number of fused-ring (bicyclic) bond motifs is 1. The Balaban J connectivity index is 1.32. The van der Waals surface area contributed by atoms with Crippen LogP contribution in [0.25, 0.3) is 10.9 Å². The summed E-state index contributed by atoms with van der Waals surface area (Å²) in [5.41, 5.74) is 2.60. The Morgan fingerprint density at radius 3 is 2.53 bits per heavy atom. The second kappa shape index (κ2) is 10.6. The highest BCUT2D eigenvalue weighted by Gasteiger charge is 2.10. The van der Waals surface area contributed by atoms with Crippen LogP contribution in [0.5, 0.6) is 5.75 Å². The number of anilines is 3. The molecule has 0 unspecified atom stereocenters. The van der Waals surface area contributed by atoms with Crippen LogP contribution in [0.1, 0.15) is 12.5 Å². The van der Waals surface area contributed by atoms with Gasteiger partial charge in [0.1, 0.15) is 18.0 Å². The predicted octanol–water partition coefficient (Wildman–Crippen LogP) is 5.61. The fourth-order valence-corrected chi connectivity index (χ4v) is 3.40. The minimum absolute atomic E-state index is 0.165. The lowest BCUT2D eigenvalue weighted by Gasteiger charge is -2.11. The fraction of sp³-hybridized carbons (Fsp3) is 0.160. The van der Waals surface area contributed by atoms with Gasteiger partial charge in [0.25, 0.3) is 0 Å². The van der Waals surface area contributed by atoms with Gasteiger partial charge < -0.3 is 20.7 Å². The van der Waals surface area contributed by atoms with Gasteiger partial charge in [-0.3, -0.25) is 0 Å². The van der Waals surface area contributed by atoms with Crippen molar-refractivity contribution < 1.29 is 18.3 Å². The topological polar surface area (TPSA) is 88.2 Å². The van der Waals surface area contributed by atoms with Gasteiger partial charge in [-0.2, -0.15) is 0 Å². The molecule has 0 bridgehead atoms. The molecule has 1 aromatic heterocycles. The largest absolute Gasteiger partial charge is 0.491 e. The van der Waals surface area contributed by atoms with E-state index < -0.39 is 17.7 Å². The molecule has 0 aliphatic carbocycles. The maximum atomic E-state index is 14.3. The number of urea groups is 1. The molecule has 174 valence electrons. The summed E-state index contributed by atoms with van der Waals surface area (Å²) in [6.07, 6.45) is 2.11. The highest BCUT2D eigenvalue weighted by atomic mass is 19.1. The van der Waals surface area contributed by atoms with E-state index in [2.05, 4.69) is 25.9 Å². The van der Waals surface area contributed by atoms with E-state index in [1.807, 2.05) is 12.1 Å². The highest BCUT2D eigenvalue weighted by molar-refractivity contribution is 5.99. The average Bonchev–Trinajstić information content (AvgIpc) is 2.81. The van der Waals surface area contributed by atoms with E-state index in [1.54, 1.807) is 31.2 Å². The maximum absolute atomic E-state index is 14.3. The zero-order chi connectivity index (χ0) is 23.9. The van der Waals surface area contributed by atoms with Gasteiger partial charge in [-0.1, -0.05) is 18.2 Å². The quantitative estimate of drug-likeness (QED) is 0.316. The number of amides is 2. The molecule has 0 saturated carbocycles. The van der Waals surface area contributed by atoms with Gasteiger partial charge in [0.05, 0.1) is 12.1 Å². The predicted molar refractivity (Wildman–Crippen MR) is 128 cm³/mol. The molecule has 7 nitrogen and oxygen atoms in total. The SMILES string of the molecule is CCOc1cc2ncnc(NCCc3ccc(NC(=O)Nc4cccc(F)c4)cc3)c2cc1F. The number of nitrogens with one attached hydrogen (secondary N) is 3. The summed E-state index contributed by atoms with van der Waals surface area (Å²) in [6, 6.07) is 15.5. The number of nitrogens with zero attached hydrogens (tertiary/aromatic N) is 2. The Morgan fingerprint density at radius 2 is 1.76 bits per heavy atom. The van der Waals surface area contributed by atoms with E-state index in [4.69, 9.17) is 4.74 Å². The molecule has 0 aliphatic heterocycles. The summed E-state index contributed by atoms with van der Waals surface area (Å²) in [6.45, 7) is 2.72. The number of aromatic nitrogens is 2. The lowest BCUT2D eigenvalue weighted by atomic mass is 10.1. The van der Waals surface area contributed by atoms with Crippen LogP contribution < -0.4 is 20.7 Å². The molecule has 1 heterocycles. The first-order chi connectivity index (χ1) is 16.5. The number of ether oxygens (including phenoxy) is 1. The van der Waals surface area contributed by atoms with Crippen LogP contribution in [-0.4, -0.2) is 29.2 Å². The standard InChI is InChI=1S/C25H23F2N5O2/c1-2-34-23-14-22-20(13-21(23)27)24(30-15-29-22)28-11-10-16-6-8-18(9-7-16)31-25(33)32-19-5-3-4-17(26)12-19/h3-9,12-15H,2,10-11H2,1H3,(H,28,29,30)(H2,31,32,33). The Hall–Kier alpha value is -4.27. The Morgan fingerprint density at radius 1 is 0.971 bits per heavy atom. The molecule has 4 aromatic rings. The first-order valence-electron chi connectivity index (χ1n) is 10.8. The van der Waals surface area contributed by atoms with Crippen LogP contribution in [0.15, 0.2) is 67.0 Å². The van der Waals surface area contributed by atoms with Crippen LogP contribution in [0.3, 0.4) is 0 Å². The highest BCUT2D eigenvalue weighted by Crippen LogP contribution is 2.27. The van der Waals surface area contributed by atoms with Crippen molar-refractivity contribution in [2.45, 2.75) is 13.3 Å². The first kappa shape index (κ1) is 22.9. The Kier molecular flexibility index (Phi) is 7.12. The Bertz CT molecular complexity index is 1300. The van der Waals surface area contributed by atoms with Crippen molar-refractivity contribution >= 4 is 34.1 Å². The molecule has 4 rings (SSSR count). The zero-order valence-corrected chi connectivity index (χ0v) is 18.4. The molecule has 2 amide bonds. The Labute approximate surface area is 195 Å². The lowest BCUT2D eigenvalue weighted by molar-refractivity contribution is 0.262. The zero-order valence-electron chi connectivity index (χ0n) is 18.4. The van der Waals surface area contributed by atoms with Crippen molar-refractivity contribution in [2.24, 2.45) is 0 Å². The lowest BCUT2D eigenvalue weighted by Crippen LogP contribution is -2.19. The molecule has 0 atom stereocenters. The van der Waals surface area contributed by atoms with Gasteiger partial charge in [-0.05, 0) is 55.3 Å². The van der Waals surface area contributed by atoms with Crippen molar-refractivity contribution in [3.05, 3.63) is 84.2 Å². The average molecular weight is 463 g/mol. The third-order valence-corrected chi connectivity index (χ3v) is 4.99. The summed E-state index contributed by atoms with van der Waals surface area (Å²) >= 11 is 0. The molecule has 3 N–H and O–H groups in total. The summed E-state index contributed by atoms with van der Waals surface area (Å²) in [4.78, 5) is 20.5. The van der Waals surface area contributed by atoms with E-state index in [1.165, 1.54) is 30.6 Å². The van der Waals surface area contributed by atoms with Crippen molar-refractivity contribution in [3.8, 4) is 5.75 Å². The van der Waals surface area contributed by atoms with E-state index >= 15 is 0 Å². The van der Waals surface area contributed by atoms with Gasteiger partial charge in [-0.25, -0.2) is 23.5 Å². The van der Waals surface area contributed by atoms with E-state index in [0.717, 1.165) is 5.56 Å². The molecule has 0 saturated heterocycles. The molecule has 0 aliphatic rings. The number of hydrogen-bond acceptors (Lipinski definition) is 5. The van der Waals surface area contributed by atoms with Gasteiger partial charge in [0, 0.05) is 29.4 Å². The monoisotopic (exact) mass is 463 g/mol. The second-order valence-corrected chi connectivity index (χ2v) is 7.42. The van der Waals surface area contributed by atoms with Gasteiger partial charge in [0.15, 0.2) is 11.6 Å². The number of halogens is 2. The smallest absolute Gasteiger partial charge is 0.323 e.